The molecule has 21 heteroatoms. The number of hydrogen-bond acceptors (Lipinski definition) is 6. The fourth-order valence-electron chi connectivity index (χ4n) is 5.23. The second-order valence-electron chi connectivity index (χ2n) is 14.8. The van der Waals surface area contributed by atoms with Crippen molar-refractivity contribution in [2.24, 2.45) is 0 Å². The molecule has 0 aliphatic rings. The molecular formula is C38H38F12O6S2Si. The number of hydrogen-bond donors (Lipinski definition) is 1. The highest BCUT2D eigenvalue weighted by molar-refractivity contribution is 7.91. The van der Waals surface area contributed by atoms with Crippen LogP contribution in [-0.2, 0) is 46.8 Å². The summed E-state index contributed by atoms with van der Waals surface area (Å²) in [4.78, 5) is -0.0403. The Labute approximate surface area is 333 Å². The average molecular weight is 911 g/mol. The summed E-state index contributed by atoms with van der Waals surface area (Å²) in [6.07, 6.45) is -23.6. The molecule has 4 aromatic rings. The van der Waals surface area contributed by atoms with Crippen LogP contribution in [0.2, 0.25) is 18.1 Å². The first kappa shape index (κ1) is 49.4. The molecule has 0 aliphatic heterocycles. The summed E-state index contributed by atoms with van der Waals surface area (Å²) in [6, 6.07) is 20.1. The molecule has 0 spiro atoms. The summed E-state index contributed by atoms with van der Waals surface area (Å²) >= 11 is 0. The quantitative estimate of drug-likeness (QED) is 0.126. The van der Waals surface area contributed by atoms with E-state index in [1.165, 1.54) is 82.4 Å². The third kappa shape index (κ3) is 10.7. The van der Waals surface area contributed by atoms with E-state index in [1.807, 2.05) is 0 Å². The lowest BCUT2D eigenvalue weighted by Gasteiger charge is -2.46. The zero-order chi connectivity index (χ0) is 45.3. The lowest BCUT2D eigenvalue weighted by Crippen LogP contribution is -2.62. The monoisotopic (exact) mass is 910 g/mol. The van der Waals surface area contributed by atoms with Gasteiger partial charge in [0.2, 0.25) is 0 Å². The van der Waals surface area contributed by atoms with Crippen molar-refractivity contribution in [1.82, 2.24) is 0 Å². The van der Waals surface area contributed by atoms with Crippen LogP contribution in [0.25, 0.3) is 0 Å². The van der Waals surface area contributed by atoms with Crippen LogP contribution in [-0.4, -0.2) is 55.0 Å². The van der Waals surface area contributed by atoms with E-state index in [-0.39, 0.29) is 20.9 Å². The molecule has 326 valence electrons. The van der Waals surface area contributed by atoms with E-state index >= 15 is 0 Å². The Balaban J connectivity index is 0.000000324. The van der Waals surface area contributed by atoms with E-state index in [4.69, 9.17) is 4.43 Å². The third-order valence-corrected chi connectivity index (χ3v) is 17.3. The van der Waals surface area contributed by atoms with Crippen LogP contribution < -0.4 is 0 Å². The van der Waals surface area contributed by atoms with Gasteiger partial charge in [-0.1, -0.05) is 106 Å². The van der Waals surface area contributed by atoms with Crippen LogP contribution >= 0.6 is 0 Å². The number of sulfone groups is 2. The molecule has 6 nitrogen and oxygen atoms in total. The molecule has 0 unspecified atom stereocenters. The third-order valence-electron chi connectivity index (χ3n) is 9.48. The van der Waals surface area contributed by atoms with Crippen LogP contribution in [0.5, 0.6) is 0 Å². The van der Waals surface area contributed by atoms with Gasteiger partial charge in [0.15, 0.2) is 28.0 Å². The van der Waals surface area contributed by atoms with Crippen molar-refractivity contribution in [3.63, 3.8) is 0 Å². The molecule has 0 saturated carbocycles. The maximum absolute atomic E-state index is 14.1. The fraction of sp³-hybridized carbons (Fsp3) is 0.368. The van der Waals surface area contributed by atoms with Gasteiger partial charge >= 0.3 is 24.7 Å². The number of benzene rings is 4. The standard InChI is InChI=1S/C22H26F6O3SSi.C16H12F6O3S/c1-19(2,3)33(4,5)31-20(21(23,24)25,22(26,27)28)17-13-11-16(12-14-17)15-32(29,30)18-9-7-6-8-10-18;17-15(18,19)14(23,16(20,21)22)12-8-6-11(7-9-12)10-26(24,25)13-4-2-1-3-5-13/h6-14H,15H2,1-5H3;1-9,23H,10H2. The summed E-state index contributed by atoms with van der Waals surface area (Å²) in [7, 11) is -11.2. The highest BCUT2D eigenvalue weighted by Gasteiger charge is 2.75. The molecule has 0 radical (unpaired) electrons. The minimum atomic E-state index is -6.00. The van der Waals surface area contributed by atoms with Gasteiger partial charge in [0.1, 0.15) is 0 Å². The van der Waals surface area contributed by atoms with Gasteiger partial charge in [0, 0.05) is 11.1 Å². The van der Waals surface area contributed by atoms with Crippen LogP contribution in [0.3, 0.4) is 0 Å². The molecule has 0 heterocycles. The average Bonchev–Trinajstić information content (AvgIpc) is 3.09. The second kappa shape index (κ2) is 16.9. The van der Waals surface area contributed by atoms with E-state index in [1.54, 1.807) is 12.1 Å². The van der Waals surface area contributed by atoms with E-state index in [0.717, 1.165) is 24.3 Å². The van der Waals surface area contributed by atoms with Crippen LogP contribution in [0, 0.1) is 0 Å². The highest BCUT2D eigenvalue weighted by atomic mass is 32.2. The van der Waals surface area contributed by atoms with E-state index in [2.05, 4.69) is 0 Å². The first-order valence-electron chi connectivity index (χ1n) is 17.0. The van der Waals surface area contributed by atoms with Crippen molar-refractivity contribution in [1.29, 1.82) is 0 Å². The topological polar surface area (TPSA) is 97.7 Å². The van der Waals surface area contributed by atoms with Gasteiger partial charge in [0.05, 0.1) is 21.3 Å². The van der Waals surface area contributed by atoms with Gasteiger partial charge in [0.25, 0.3) is 11.2 Å². The minimum Gasteiger partial charge on any atom is -0.393 e. The Kier molecular flexibility index (Phi) is 14.1. The van der Waals surface area contributed by atoms with E-state index in [0.29, 0.717) is 24.3 Å². The van der Waals surface area contributed by atoms with Crippen molar-refractivity contribution in [2.45, 2.75) is 96.1 Å². The molecule has 4 aromatic carbocycles. The normalized spacial score (nSPS) is 14.1. The van der Waals surface area contributed by atoms with Crippen molar-refractivity contribution < 1.29 is 79.1 Å². The highest BCUT2D eigenvalue weighted by Crippen LogP contribution is 2.56. The molecule has 0 aliphatic carbocycles. The molecular weight excluding hydrogens is 873 g/mol. The first-order chi connectivity index (χ1) is 26.5. The van der Waals surface area contributed by atoms with E-state index < -0.39 is 91.6 Å². The van der Waals surface area contributed by atoms with Crippen molar-refractivity contribution in [2.75, 3.05) is 0 Å². The summed E-state index contributed by atoms with van der Waals surface area (Å²) < 4.78 is 216. The van der Waals surface area contributed by atoms with Crippen LogP contribution in [0.4, 0.5) is 52.7 Å². The maximum Gasteiger partial charge on any atom is 0.430 e. The van der Waals surface area contributed by atoms with Gasteiger partial charge < -0.3 is 9.53 Å². The smallest absolute Gasteiger partial charge is 0.393 e. The molecule has 0 amide bonds. The predicted molar refractivity (Wildman–Crippen MR) is 196 cm³/mol. The molecule has 0 saturated heterocycles. The van der Waals surface area contributed by atoms with Crippen molar-refractivity contribution >= 4 is 28.0 Å². The summed E-state index contributed by atoms with van der Waals surface area (Å²) in [6.45, 7) is 7.22. The van der Waals surface area contributed by atoms with Crippen LogP contribution in [0.1, 0.15) is 43.0 Å². The van der Waals surface area contributed by atoms with Crippen LogP contribution in [0.15, 0.2) is 119 Å². The summed E-state index contributed by atoms with van der Waals surface area (Å²) in [5.41, 5.74) is -12.2. The molecule has 0 fully saturated rings. The van der Waals surface area contributed by atoms with Gasteiger partial charge in [-0.05, 0) is 53.5 Å². The second-order valence-corrected chi connectivity index (χ2v) is 23.5. The Morgan fingerprint density at radius 3 is 1.07 bits per heavy atom. The van der Waals surface area contributed by atoms with Gasteiger partial charge in [-0.2, -0.15) is 52.7 Å². The molecule has 4 rings (SSSR count). The van der Waals surface area contributed by atoms with Gasteiger partial charge in [-0.15, -0.1) is 0 Å². The van der Waals surface area contributed by atoms with Crippen molar-refractivity contribution in [3.8, 4) is 0 Å². The van der Waals surface area contributed by atoms with Gasteiger partial charge in [-0.3, -0.25) is 0 Å². The Hall–Kier alpha value is -3.92. The largest absolute Gasteiger partial charge is 0.430 e. The number of halogens is 12. The molecule has 0 atom stereocenters. The fourth-order valence-corrected chi connectivity index (χ4v) is 9.39. The predicted octanol–water partition coefficient (Wildman–Crippen LogP) is 11.0. The zero-order valence-electron chi connectivity index (χ0n) is 31.6. The number of rotatable bonds is 10. The lowest BCUT2D eigenvalue weighted by atomic mass is 9.91. The lowest BCUT2D eigenvalue weighted by molar-refractivity contribution is -0.376. The van der Waals surface area contributed by atoms with E-state index in [9.17, 15) is 74.6 Å². The molecule has 0 aromatic heterocycles. The number of alkyl halides is 12. The Bertz CT molecular complexity index is 2210. The molecule has 0 bridgehead atoms. The summed E-state index contributed by atoms with van der Waals surface area (Å²) in [5.74, 6) is -1.20. The maximum atomic E-state index is 14.1. The minimum absolute atomic E-state index is 0.00438. The van der Waals surface area contributed by atoms with Gasteiger partial charge in [-0.25, -0.2) is 16.8 Å². The molecule has 59 heavy (non-hydrogen) atoms. The zero-order valence-corrected chi connectivity index (χ0v) is 34.3. The first-order valence-corrected chi connectivity index (χ1v) is 23.2. The number of aliphatic hydroxyl groups is 1. The van der Waals surface area contributed by atoms with Crippen molar-refractivity contribution in [3.05, 3.63) is 131 Å². The Morgan fingerprint density at radius 2 is 0.797 bits per heavy atom. The summed E-state index contributed by atoms with van der Waals surface area (Å²) in [5, 5.41) is 8.36. The molecule has 1 N–H and O–H groups in total. The SMILES string of the molecule is CC(C)(C)[Si](C)(C)OC(c1ccc(CS(=O)(=O)c2ccccc2)cc1)(C(F)(F)F)C(F)(F)F.O=S(=O)(Cc1ccc(C(O)(C(F)(F)F)C(F)(F)F)cc1)c1ccccc1. The Morgan fingerprint density at radius 1 is 0.492 bits per heavy atom.